The molecule has 14 heavy (non-hydrogen) atoms. The van der Waals surface area contributed by atoms with Crippen molar-refractivity contribution in [2.24, 2.45) is 11.3 Å². The van der Waals surface area contributed by atoms with Gasteiger partial charge in [-0.25, -0.2) is 4.98 Å². The quantitative estimate of drug-likeness (QED) is 0.800. The van der Waals surface area contributed by atoms with Crippen LogP contribution in [0.15, 0.2) is 6.20 Å². The van der Waals surface area contributed by atoms with Crippen LogP contribution >= 0.6 is 11.3 Å². The SMILES string of the molecule is Nc1cnc(NCC2(C3CC3)CC2)s1. The van der Waals surface area contributed by atoms with Gasteiger partial charge in [0.05, 0.1) is 6.20 Å². The smallest absolute Gasteiger partial charge is 0.184 e. The normalized spacial score (nSPS) is 23.4. The summed E-state index contributed by atoms with van der Waals surface area (Å²) in [4.78, 5) is 4.21. The first kappa shape index (κ1) is 8.53. The van der Waals surface area contributed by atoms with E-state index in [1.54, 1.807) is 17.5 Å². The molecule has 3 rings (SSSR count). The van der Waals surface area contributed by atoms with Crippen molar-refractivity contribution in [1.29, 1.82) is 0 Å². The summed E-state index contributed by atoms with van der Waals surface area (Å²) in [6.07, 6.45) is 7.43. The molecule has 4 heteroatoms. The molecule has 1 aromatic rings. The number of hydrogen-bond acceptors (Lipinski definition) is 4. The highest BCUT2D eigenvalue weighted by molar-refractivity contribution is 7.19. The molecule has 0 aliphatic heterocycles. The van der Waals surface area contributed by atoms with Gasteiger partial charge in [-0.3, -0.25) is 0 Å². The van der Waals surface area contributed by atoms with Crippen molar-refractivity contribution in [2.45, 2.75) is 25.7 Å². The summed E-state index contributed by atoms with van der Waals surface area (Å²) in [5.74, 6) is 1.01. The van der Waals surface area contributed by atoms with Gasteiger partial charge in [0, 0.05) is 6.54 Å². The Bertz CT molecular complexity index is 339. The molecule has 2 aliphatic carbocycles. The Kier molecular flexibility index (Phi) is 1.74. The van der Waals surface area contributed by atoms with Crippen LogP contribution in [0.4, 0.5) is 10.1 Å². The predicted molar refractivity (Wildman–Crippen MR) is 59.4 cm³/mol. The third-order valence-electron chi connectivity index (χ3n) is 3.45. The molecule has 3 N–H and O–H groups in total. The molecule has 1 aromatic heterocycles. The van der Waals surface area contributed by atoms with E-state index in [1.165, 1.54) is 25.7 Å². The van der Waals surface area contributed by atoms with Gasteiger partial charge in [0.2, 0.25) is 0 Å². The highest BCUT2D eigenvalue weighted by Crippen LogP contribution is 2.61. The van der Waals surface area contributed by atoms with Crippen molar-refractivity contribution in [3.8, 4) is 0 Å². The summed E-state index contributed by atoms with van der Waals surface area (Å²) in [7, 11) is 0. The fourth-order valence-electron chi connectivity index (χ4n) is 2.21. The molecule has 0 bridgehead atoms. The minimum Gasteiger partial charge on any atom is -0.389 e. The minimum absolute atomic E-state index is 0.639. The molecule has 0 saturated heterocycles. The van der Waals surface area contributed by atoms with Crippen LogP contribution < -0.4 is 11.1 Å². The first-order valence-corrected chi connectivity index (χ1v) is 6.05. The van der Waals surface area contributed by atoms with Gasteiger partial charge in [-0.1, -0.05) is 11.3 Å². The van der Waals surface area contributed by atoms with Gasteiger partial charge in [-0.2, -0.15) is 0 Å². The van der Waals surface area contributed by atoms with E-state index in [-0.39, 0.29) is 0 Å². The van der Waals surface area contributed by atoms with Gasteiger partial charge < -0.3 is 11.1 Å². The number of thiazole rings is 1. The van der Waals surface area contributed by atoms with E-state index in [9.17, 15) is 0 Å². The molecule has 0 unspecified atom stereocenters. The van der Waals surface area contributed by atoms with E-state index in [1.807, 2.05) is 0 Å². The lowest BCUT2D eigenvalue weighted by atomic mass is 10.0. The standard InChI is InChI=1S/C10H15N3S/c11-8-5-12-9(14-8)13-6-10(3-4-10)7-1-2-7/h5,7H,1-4,6,11H2,(H,12,13). The molecular formula is C10H15N3S. The number of rotatable bonds is 4. The Morgan fingerprint density at radius 3 is 2.86 bits per heavy atom. The van der Waals surface area contributed by atoms with Gasteiger partial charge in [-0.05, 0) is 37.0 Å². The second-order valence-electron chi connectivity index (χ2n) is 4.56. The van der Waals surface area contributed by atoms with Crippen molar-refractivity contribution in [2.75, 3.05) is 17.6 Å². The van der Waals surface area contributed by atoms with Crippen molar-refractivity contribution < 1.29 is 0 Å². The third kappa shape index (κ3) is 1.47. The number of nitrogens with zero attached hydrogens (tertiary/aromatic N) is 1. The average molecular weight is 209 g/mol. The van der Waals surface area contributed by atoms with Crippen molar-refractivity contribution in [1.82, 2.24) is 4.98 Å². The zero-order valence-electron chi connectivity index (χ0n) is 8.12. The first-order chi connectivity index (χ1) is 6.78. The topological polar surface area (TPSA) is 50.9 Å². The lowest BCUT2D eigenvalue weighted by Gasteiger charge is -2.13. The molecule has 76 valence electrons. The zero-order chi connectivity index (χ0) is 9.60. The van der Waals surface area contributed by atoms with E-state index in [0.717, 1.165) is 22.6 Å². The van der Waals surface area contributed by atoms with Gasteiger partial charge in [-0.15, -0.1) is 0 Å². The van der Waals surface area contributed by atoms with Crippen LogP contribution in [0.2, 0.25) is 0 Å². The Morgan fingerprint density at radius 2 is 2.36 bits per heavy atom. The molecule has 0 amide bonds. The van der Waals surface area contributed by atoms with E-state index < -0.39 is 0 Å². The van der Waals surface area contributed by atoms with E-state index >= 15 is 0 Å². The van der Waals surface area contributed by atoms with Crippen LogP contribution in [0, 0.1) is 11.3 Å². The fraction of sp³-hybridized carbons (Fsp3) is 0.700. The molecule has 2 aliphatic rings. The third-order valence-corrected chi connectivity index (χ3v) is 4.24. The van der Waals surface area contributed by atoms with Crippen molar-refractivity contribution >= 4 is 21.5 Å². The molecule has 2 fully saturated rings. The number of hydrogen-bond donors (Lipinski definition) is 2. The zero-order valence-corrected chi connectivity index (χ0v) is 8.94. The Hall–Kier alpha value is -0.770. The minimum atomic E-state index is 0.639. The molecule has 0 radical (unpaired) electrons. The summed E-state index contributed by atoms with van der Waals surface area (Å²) in [6, 6.07) is 0. The van der Waals surface area contributed by atoms with Crippen LogP contribution in [0.1, 0.15) is 25.7 Å². The number of anilines is 2. The number of nitrogens with two attached hydrogens (primary N) is 1. The molecule has 1 heterocycles. The van der Waals surface area contributed by atoms with Gasteiger partial charge in [0.1, 0.15) is 5.00 Å². The second-order valence-corrected chi connectivity index (χ2v) is 5.62. The fourth-order valence-corrected chi connectivity index (χ4v) is 2.78. The maximum absolute atomic E-state index is 5.62. The maximum Gasteiger partial charge on any atom is 0.184 e. The Labute approximate surface area is 87.7 Å². The van der Waals surface area contributed by atoms with Crippen LogP contribution in [-0.4, -0.2) is 11.5 Å². The van der Waals surface area contributed by atoms with Gasteiger partial charge >= 0.3 is 0 Å². The Morgan fingerprint density at radius 1 is 1.57 bits per heavy atom. The van der Waals surface area contributed by atoms with E-state index in [0.29, 0.717) is 5.41 Å². The van der Waals surface area contributed by atoms with Crippen LogP contribution in [0.25, 0.3) is 0 Å². The lowest BCUT2D eigenvalue weighted by Crippen LogP contribution is -2.17. The second kappa shape index (κ2) is 2.86. The van der Waals surface area contributed by atoms with Crippen molar-refractivity contribution in [3.05, 3.63) is 6.20 Å². The van der Waals surface area contributed by atoms with E-state index in [2.05, 4.69) is 10.3 Å². The van der Waals surface area contributed by atoms with Gasteiger partial charge in [0.25, 0.3) is 0 Å². The molecule has 0 aromatic carbocycles. The summed E-state index contributed by atoms with van der Waals surface area (Å²) in [6.45, 7) is 1.10. The van der Waals surface area contributed by atoms with E-state index in [4.69, 9.17) is 5.73 Å². The highest BCUT2D eigenvalue weighted by Gasteiger charge is 2.53. The van der Waals surface area contributed by atoms with Crippen molar-refractivity contribution in [3.63, 3.8) is 0 Å². The summed E-state index contributed by atoms with van der Waals surface area (Å²) in [5, 5.41) is 5.19. The van der Waals surface area contributed by atoms with Crippen LogP contribution in [-0.2, 0) is 0 Å². The van der Waals surface area contributed by atoms with Crippen LogP contribution in [0.5, 0.6) is 0 Å². The first-order valence-electron chi connectivity index (χ1n) is 5.24. The number of aromatic nitrogens is 1. The Balaban J connectivity index is 1.59. The number of nitrogen functional groups attached to an aromatic ring is 1. The maximum atomic E-state index is 5.62. The highest BCUT2D eigenvalue weighted by atomic mass is 32.1. The molecule has 2 saturated carbocycles. The summed E-state index contributed by atoms with van der Waals surface area (Å²) in [5.41, 5.74) is 6.26. The monoisotopic (exact) mass is 209 g/mol. The molecular weight excluding hydrogens is 194 g/mol. The summed E-state index contributed by atoms with van der Waals surface area (Å²) < 4.78 is 0. The summed E-state index contributed by atoms with van der Waals surface area (Å²) >= 11 is 1.54. The average Bonchev–Trinajstić information content (AvgIpc) is 3.03. The molecule has 3 nitrogen and oxygen atoms in total. The molecule has 0 atom stereocenters. The molecule has 0 spiro atoms. The lowest BCUT2D eigenvalue weighted by molar-refractivity contribution is 0.467. The predicted octanol–water partition coefficient (Wildman–Crippen LogP) is 2.33. The number of nitrogens with one attached hydrogen (secondary N) is 1. The van der Waals surface area contributed by atoms with Crippen LogP contribution in [0.3, 0.4) is 0 Å². The van der Waals surface area contributed by atoms with Gasteiger partial charge in [0.15, 0.2) is 5.13 Å². The largest absolute Gasteiger partial charge is 0.389 e.